The summed E-state index contributed by atoms with van der Waals surface area (Å²) in [6.45, 7) is 5.04. The van der Waals surface area contributed by atoms with Gasteiger partial charge in [0.1, 0.15) is 0 Å². The first-order chi connectivity index (χ1) is 11.6. The Morgan fingerprint density at radius 3 is 2.64 bits per heavy atom. The number of thiazole rings is 1. The maximum absolute atomic E-state index is 4.58. The molecular weight excluding hydrogens is 511 g/mol. The number of benzene rings is 1. The quantitative estimate of drug-likeness (QED) is 0.339. The van der Waals surface area contributed by atoms with Crippen molar-refractivity contribution < 1.29 is 0 Å². The largest absolute Gasteiger partial charge is 0.356 e. The number of hydrogen-bond acceptors (Lipinski definition) is 3. The van der Waals surface area contributed by atoms with Gasteiger partial charge in [0, 0.05) is 41.3 Å². The van der Waals surface area contributed by atoms with E-state index in [1.165, 1.54) is 15.4 Å². The molecule has 1 aliphatic carbocycles. The highest BCUT2D eigenvalue weighted by atomic mass is 127. The van der Waals surface area contributed by atoms with Crippen molar-refractivity contribution in [2.75, 3.05) is 13.6 Å². The molecule has 0 spiro atoms. The first-order valence-corrected chi connectivity index (χ1v) is 9.83. The number of guanidine groups is 1. The Balaban J connectivity index is 0.00000225. The van der Waals surface area contributed by atoms with Gasteiger partial charge in [0.05, 0.1) is 10.7 Å². The fourth-order valence-corrected chi connectivity index (χ4v) is 3.93. The van der Waals surface area contributed by atoms with Crippen molar-refractivity contribution in [2.45, 2.75) is 38.6 Å². The van der Waals surface area contributed by atoms with Crippen molar-refractivity contribution in [1.29, 1.82) is 0 Å². The van der Waals surface area contributed by atoms with Gasteiger partial charge in [-0.1, -0.05) is 28.1 Å². The van der Waals surface area contributed by atoms with E-state index < -0.39 is 0 Å². The molecule has 0 aliphatic heterocycles. The van der Waals surface area contributed by atoms with E-state index >= 15 is 0 Å². The zero-order valence-electron chi connectivity index (χ0n) is 14.7. The Morgan fingerprint density at radius 1 is 1.32 bits per heavy atom. The van der Waals surface area contributed by atoms with Gasteiger partial charge >= 0.3 is 0 Å². The van der Waals surface area contributed by atoms with E-state index in [0.717, 1.165) is 35.5 Å². The minimum atomic E-state index is 0. The summed E-state index contributed by atoms with van der Waals surface area (Å²) in [6.07, 6.45) is 2.09. The number of halogens is 2. The van der Waals surface area contributed by atoms with E-state index in [0.29, 0.717) is 12.0 Å². The highest BCUT2D eigenvalue weighted by Gasteiger charge is 2.38. The van der Waals surface area contributed by atoms with Crippen LogP contribution >= 0.6 is 51.2 Å². The molecule has 0 saturated heterocycles. The Hall–Kier alpha value is -0.670. The molecule has 25 heavy (non-hydrogen) atoms. The van der Waals surface area contributed by atoms with Crippen LogP contribution in [0, 0.1) is 13.8 Å². The molecule has 2 aromatic rings. The van der Waals surface area contributed by atoms with Crippen molar-refractivity contribution in [3.63, 3.8) is 0 Å². The number of rotatable bonds is 5. The van der Waals surface area contributed by atoms with E-state index in [4.69, 9.17) is 0 Å². The average molecular weight is 535 g/mol. The number of hydrogen-bond donors (Lipinski definition) is 2. The van der Waals surface area contributed by atoms with Gasteiger partial charge in [-0.25, -0.2) is 4.98 Å². The zero-order valence-corrected chi connectivity index (χ0v) is 19.4. The second-order valence-corrected chi connectivity index (χ2v) is 8.35. The third kappa shape index (κ3) is 5.65. The van der Waals surface area contributed by atoms with Crippen molar-refractivity contribution in [3.05, 3.63) is 49.9 Å². The third-order valence-corrected chi connectivity index (χ3v) is 6.00. The van der Waals surface area contributed by atoms with Gasteiger partial charge in [0.25, 0.3) is 0 Å². The lowest BCUT2D eigenvalue weighted by Crippen LogP contribution is -2.39. The summed E-state index contributed by atoms with van der Waals surface area (Å²) < 4.78 is 1.13. The Labute approximate surface area is 179 Å². The number of nitrogens with one attached hydrogen (secondary N) is 2. The first kappa shape index (κ1) is 20.6. The van der Waals surface area contributed by atoms with Crippen LogP contribution in [0.25, 0.3) is 0 Å². The summed E-state index contributed by atoms with van der Waals surface area (Å²) >= 11 is 5.27. The molecule has 3 rings (SSSR count). The summed E-state index contributed by atoms with van der Waals surface area (Å²) in [5, 5.41) is 8.10. The second-order valence-electron chi connectivity index (χ2n) is 6.14. The summed E-state index contributed by atoms with van der Waals surface area (Å²) in [4.78, 5) is 10.2. The zero-order chi connectivity index (χ0) is 17.1. The SMILES string of the molecule is CN=C(NCCc1nc(C)c(C)s1)NC1CC1c1ccc(Br)cc1.I. The molecule has 7 heteroatoms. The standard InChI is InChI=1S/C18H23BrN4S.HI/c1-11-12(2)24-17(22-11)8-9-21-18(20-3)23-16-10-15(16)13-4-6-14(19)7-5-13;/h4-7,15-16H,8-10H2,1-3H3,(H2,20,21,23);1H. The predicted molar refractivity (Wildman–Crippen MR) is 120 cm³/mol. The maximum Gasteiger partial charge on any atom is 0.191 e. The average Bonchev–Trinajstić information content (AvgIpc) is 3.25. The van der Waals surface area contributed by atoms with Crippen LogP contribution in [0.1, 0.15) is 33.5 Å². The lowest BCUT2D eigenvalue weighted by atomic mass is 10.1. The van der Waals surface area contributed by atoms with Crippen molar-refractivity contribution in [1.82, 2.24) is 15.6 Å². The minimum absolute atomic E-state index is 0. The molecule has 1 heterocycles. The van der Waals surface area contributed by atoms with Gasteiger partial charge < -0.3 is 10.6 Å². The summed E-state index contributed by atoms with van der Waals surface area (Å²) in [5.74, 6) is 1.46. The van der Waals surface area contributed by atoms with Gasteiger partial charge in [0.2, 0.25) is 0 Å². The van der Waals surface area contributed by atoms with Crippen LogP contribution in [0.15, 0.2) is 33.7 Å². The minimum Gasteiger partial charge on any atom is -0.356 e. The van der Waals surface area contributed by atoms with Crippen molar-refractivity contribution >= 4 is 57.2 Å². The second kappa shape index (κ2) is 9.32. The smallest absolute Gasteiger partial charge is 0.191 e. The molecule has 136 valence electrons. The number of nitrogens with zero attached hydrogens (tertiary/aromatic N) is 2. The highest BCUT2D eigenvalue weighted by Crippen LogP contribution is 2.40. The van der Waals surface area contributed by atoms with E-state index in [1.807, 2.05) is 7.05 Å². The predicted octanol–water partition coefficient (Wildman–Crippen LogP) is 4.40. The van der Waals surface area contributed by atoms with E-state index in [2.05, 4.69) is 74.7 Å². The van der Waals surface area contributed by atoms with Crippen LogP contribution in [0.4, 0.5) is 0 Å². The topological polar surface area (TPSA) is 49.3 Å². The summed E-state index contributed by atoms with van der Waals surface area (Å²) in [6, 6.07) is 9.08. The normalized spacial score (nSPS) is 19.3. The van der Waals surface area contributed by atoms with E-state index in [1.54, 1.807) is 11.3 Å². The third-order valence-electron chi connectivity index (χ3n) is 4.34. The van der Waals surface area contributed by atoms with Gasteiger partial charge in [-0.2, -0.15) is 0 Å². The van der Waals surface area contributed by atoms with Gasteiger partial charge in [-0.15, -0.1) is 35.3 Å². The van der Waals surface area contributed by atoms with Crippen LogP contribution in [0.5, 0.6) is 0 Å². The van der Waals surface area contributed by atoms with Crippen molar-refractivity contribution in [3.8, 4) is 0 Å². The molecule has 4 nitrogen and oxygen atoms in total. The highest BCUT2D eigenvalue weighted by molar-refractivity contribution is 14.0. The van der Waals surface area contributed by atoms with Crippen LogP contribution < -0.4 is 10.6 Å². The number of aliphatic imine (C=N–C) groups is 1. The molecular formula is C18H24BrIN4S. The fraction of sp³-hybridized carbons (Fsp3) is 0.444. The number of aryl methyl sites for hydroxylation is 2. The van der Waals surface area contributed by atoms with Crippen LogP contribution in [0.3, 0.4) is 0 Å². The maximum atomic E-state index is 4.58. The van der Waals surface area contributed by atoms with Crippen LogP contribution in [0.2, 0.25) is 0 Å². The molecule has 2 atom stereocenters. The summed E-state index contributed by atoms with van der Waals surface area (Å²) in [5.41, 5.74) is 2.53. The lowest BCUT2D eigenvalue weighted by Gasteiger charge is -2.11. The van der Waals surface area contributed by atoms with E-state index in [9.17, 15) is 0 Å². The molecule has 2 unspecified atom stereocenters. The fourth-order valence-electron chi connectivity index (χ4n) is 2.74. The molecule has 0 bridgehead atoms. The summed E-state index contributed by atoms with van der Waals surface area (Å²) in [7, 11) is 1.82. The first-order valence-electron chi connectivity index (χ1n) is 8.22. The van der Waals surface area contributed by atoms with Gasteiger partial charge in [0.15, 0.2) is 5.96 Å². The monoisotopic (exact) mass is 534 g/mol. The van der Waals surface area contributed by atoms with Gasteiger partial charge in [-0.3, -0.25) is 4.99 Å². The number of aromatic nitrogens is 1. The molecule has 1 aliphatic rings. The lowest BCUT2D eigenvalue weighted by molar-refractivity contribution is 0.777. The Bertz CT molecular complexity index is 710. The molecule has 1 fully saturated rings. The molecule has 1 aromatic heterocycles. The van der Waals surface area contributed by atoms with Crippen LogP contribution in [-0.2, 0) is 6.42 Å². The van der Waals surface area contributed by atoms with Crippen molar-refractivity contribution in [2.24, 2.45) is 4.99 Å². The molecule has 0 amide bonds. The molecule has 2 N–H and O–H groups in total. The Kier molecular flexibility index (Phi) is 7.69. The molecule has 1 aromatic carbocycles. The van der Waals surface area contributed by atoms with E-state index in [-0.39, 0.29) is 24.0 Å². The molecule has 1 saturated carbocycles. The van der Waals surface area contributed by atoms with Gasteiger partial charge in [-0.05, 0) is 38.0 Å². The molecule has 0 radical (unpaired) electrons. The Morgan fingerprint density at radius 2 is 2.04 bits per heavy atom. The van der Waals surface area contributed by atoms with Crippen LogP contribution in [-0.4, -0.2) is 30.6 Å².